The van der Waals surface area contributed by atoms with E-state index in [-0.39, 0.29) is 17.6 Å². The summed E-state index contributed by atoms with van der Waals surface area (Å²) in [4.78, 5) is 13.8. The van der Waals surface area contributed by atoms with Crippen molar-refractivity contribution < 1.29 is 9.18 Å². The maximum absolute atomic E-state index is 13.2. The molecule has 0 heterocycles. The van der Waals surface area contributed by atoms with Gasteiger partial charge < -0.3 is 10.6 Å². The number of nitrogens with two attached hydrogens (primary N) is 1. The number of amides is 1. The Morgan fingerprint density at radius 1 is 1.44 bits per heavy atom. The Bertz CT molecular complexity index is 391. The van der Waals surface area contributed by atoms with Crippen molar-refractivity contribution in [2.75, 3.05) is 18.0 Å². The minimum Gasteiger partial charge on any atom is -0.330 e. The van der Waals surface area contributed by atoms with Gasteiger partial charge in [0, 0.05) is 18.7 Å². The summed E-state index contributed by atoms with van der Waals surface area (Å²) in [5.41, 5.74) is 6.21. The van der Waals surface area contributed by atoms with E-state index >= 15 is 0 Å². The van der Waals surface area contributed by atoms with Gasteiger partial charge in [0.05, 0.1) is 0 Å². The molecule has 0 radical (unpaired) electrons. The third-order valence-electron chi connectivity index (χ3n) is 3.11. The quantitative estimate of drug-likeness (QED) is 0.845. The van der Waals surface area contributed by atoms with Crippen molar-refractivity contribution in [1.29, 1.82) is 0 Å². The highest BCUT2D eigenvalue weighted by Crippen LogP contribution is 2.18. The molecule has 0 spiro atoms. The molecule has 100 valence electrons. The normalized spacial score (nSPS) is 12.2. The summed E-state index contributed by atoms with van der Waals surface area (Å²) < 4.78 is 13.2. The third-order valence-corrected chi connectivity index (χ3v) is 3.11. The van der Waals surface area contributed by atoms with Gasteiger partial charge in [0.25, 0.3) is 0 Å². The molecule has 0 bridgehead atoms. The van der Waals surface area contributed by atoms with E-state index in [0.29, 0.717) is 25.2 Å². The molecule has 0 aliphatic carbocycles. The standard InChI is InChI=1S/C14H21FN2O/c1-3-11(10-16)8-14(18)17(4-2)13-7-5-6-12(15)9-13/h5-7,9,11H,3-4,8,10,16H2,1-2H3. The van der Waals surface area contributed by atoms with Gasteiger partial charge in [-0.05, 0) is 37.6 Å². The molecule has 0 saturated heterocycles. The molecule has 0 saturated carbocycles. The number of carbonyl (C=O) groups is 1. The summed E-state index contributed by atoms with van der Waals surface area (Å²) in [5, 5.41) is 0. The lowest BCUT2D eigenvalue weighted by molar-refractivity contribution is -0.119. The minimum absolute atomic E-state index is 0.000370. The Labute approximate surface area is 108 Å². The van der Waals surface area contributed by atoms with Gasteiger partial charge in [-0.25, -0.2) is 4.39 Å². The van der Waals surface area contributed by atoms with Crippen molar-refractivity contribution in [3.8, 4) is 0 Å². The number of hydrogen-bond acceptors (Lipinski definition) is 2. The van der Waals surface area contributed by atoms with Crippen LogP contribution in [-0.4, -0.2) is 19.0 Å². The van der Waals surface area contributed by atoms with Crippen LogP contribution in [0.5, 0.6) is 0 Å². The van der Waals surface area contributed by atoms with E-state index in [9.17, 15) is 9.18 Å². The number of hydrogen-bond donors (Lipinski definition) is 1. The zero-order valence-electron chi connectivity index (χ0n) is 11.0. The number of carbonyl (C=O) groups excluding carboxylic acids is 1. The molecule has 1 amide bonds. The van der Waals surface area contributed by atoms with Crippen LogP contribution in [0.2, 0.25) is 0 Å². The van der Waals surface area contributed by atoms with E-state index in [4.69, 9.17) is 5.73 Å². The SMILES string of the molecule is CCC(CN)CC(=O)N(CC)c1cccc(F)c1. The van der Waals surface area contributed by atoms with Gasteiger partial charge in [0.1, 0.15) is 5.82 Å². The summed E-state index contributed by atoms with van der Waals surface area (Å²) in [6.07, 6.45) is 1.29. The van der Waals surface area contributed by atoms with Gasteiger partial charge in [-0.15, -0.1) is 0 Å². The van der Waals surface area contributed by atoms with E-state index in [2.05, 4.69) is 0 Å². The van der Waals surface area contributed by atoms with Gasteiger partial charge in [-0.3, -0.25) is 4.79 Å². The second-order valence-electron chi connectivity index (χ2n) is 4.33. The van der Waals surface area contributed by atoms with E-state index in [1.54, 1.807) is 17.0 Å². The predicted octanol–water partition coefficient (Wildman–Crippen LogP) is 2.55. The van der Waals surface area contributed by atoms with Gasteiger partial charge in [-0.2, -0.15) is 0 Å². The summed E-state index contributed by atoms with van der Waals surface area (Å²) in [6.45, 7) is 4.93. The van der Waals surface area contributed by atoms with Gasteiger partial charge in [0.2, 0.25) is 5.91 Å². The number of benzene rings is 1. The number of rotatable bonds is 6. The van der Waals surface area contributed by atoms with Crippen LogP contribution in [0.4, 0.5) is 10.1 Å². The zero-order valence-corrected chi connectivity index (χ0v) is 11.0. The highest BCUT2D eigenvalue weighted by molar-refractivity contribution is 5.93. The van der Waals surface area contributed by atoms with Gasteiger partial charge in [-0.1, -0.05) is 19.4 Å². The molecule has 0 aromatic heterocycles. The average molecular weight is 252 g/mol. The van der Waals surface area contributed by atoms with E-state index in [1.807, 2.05) is 13.8 Å². The lowest BCUT2D eigenvalue weighted by atomic mass is 10.0. The van der Waals surface area contributed by atoms with Crippen LogP contribution < -0.4 is 10.6 Å². The van der Waals surface area contributed by atoms with Crippen LogP contribution in [0.15, 0.2) is 24.3 Å². The van der Waals surface area contributed by atoms with Gasteiger partial charge >= 0.3 is 0 Å². The maximum atomic E-state index is 13.2. The van der Waals surface area contributed by atoms with Crippen LogP contribution in [0.25, 0.3) is 0 Å². The largest absolute Gasteiger partial charge is 0.330 e. The van der Waals surface area contributed by atoms with Crippen molar-refractivity contribution in [3.05, 3.63) is 30.1 Å². The molecule has 1 aromatic rings. The van der Waals surface area contributed by atoms with E-state index in [0.717, 1.165) is 6.42 Å². The minimum atomic E-state index is -0.329. The van der Waals surface area contributed by atoms with Crippen LogP contribution >= 0.6 is 0 Å². The highest BCUT2D eigenvalue weighted by Gasteiger charge is 2.17. The van der Waals surface area contributed by atoms with Crippen molar-refractivity contribution in [2.45, 2.75) is 26.7 Å². The molecule has 1 unspecified atom stereocenters. The predicted molar refractivity (Wildman–Crippen MR) is 71.9 cm³/mol. The van der Waals surface area contributed by atoms with Crippen molar-refractivity contribution in [3.63, 3.8) is 0 Å². The number of halogens is 1. The molecule has 0 aliphatic rings. The first-order valence-electron chi connectivity index (χ1n) is 6.38. The van der Waals surface area contributed by atoms with Crippen LogP contribution in [0, 0.1) is 11.7 Å². The number of nitrogens with zero attached hydrogens (tertiary/aromatic N) is 1. The number of anilines is 1. The lowest BCUT2D eigenvalue weighted by Gasteiger charge is -2.23. The molecule has 4 heteroatoms. The van der Waals surface area contributed by atoms with E-state index < -0.39 is 0 Å². The maximum Gasteiger partial charge on any atom is 0.227 e. The average Bonchev–Trinajstić information content (AvgIpc) is 2.37. The Hall–Kier alpha value is -1.42. The first kappa shape index (κ1) is 14.6. The lowest BCUT2D eigenvalue weighted by Crippen LogP contribution is -2.33. The van der Waals surface area contributed by atoms with Crippen LogP contribution in [0.1, 0.15) is 26.7 Å². The van der Waals surface area contributed by atoms with Crippen LogP contribution in [-0.2, 0) is 4.79 Å². The Morgan fingerprint density at radius 2 is 2.17 bits per heavy atom. The summed E-state index contributed by atoms with van der Waals surface area (Å²) >= 11 is 0. The first-order chi connectivity index (χ1) is 8.62. The summed E-state index contributed by atoms with van der Waals surface area (Å²) in [6, 6.07) is 6.11. The second-order valence-corrected chi connectivity index (χ2v) is 4.33. The molecule has 1 rings (SSSR count). The monoisotopic (exact) mass is 252 g/mol. The fourth-order valence-corrected chi connectivity index (χ4v) is 1.90. The Kier molecular flexibility index (Phi) is 5.78. The van der Waals surface area contributed by atoms with Gasteiger partial charge in [0.15, 0.2) is 0 Å². The highest BCUT2D eigenvalue weighted by atomic mass is 19.1. The molecule has 0 aliphatic heterocycles. The third kappa shape index (κ3) is 3.81. The smallest absolute Gasteiger partial charge is 0.227 e. The zero-order chi connectivity index (χ0) is 13.5. The molecule has 2 N–H and O–H groups in total. The molecule has 1 atom stereocenters. The summed E-state index contributed by atoms with van der Waals surface area (Å²) in [5.74, 6) is -0.134. The fraction of sp³-hybridized carbons (Fsp3) is 0.500. The van der Waals surface area contributed by atoms with Crippen molar-refractivity contribution >= 4 is 11.6 Å². The van der Waals surface area contributed by atoms with Crippen molar-refractivity contribution in [1.82, 2.24) is 0 Å². The molecule has 18 heavy (non-hydrogen) atoms. The molecule has 0 fully saturated rings. The molecular weight excluding hydrogens is 231 g/mol. The topological polar surface area (TPSA) is 46.3 Å². The van der Waals surface area contributed by atoms with Crippen LogP contribution in [0.3, 0.4) is 0 Å². The Balaban J connectivity index is 2.80. The Morgan fingerprint density at radius 3 is 2.67 bits per heavy atom. The van der Waals surface area contributed by atoms with E-state index in [1.165, 1.54) is 12.1 Å². The first-order valence-corrected chi connectivity index (χ1v) is 6.38. The molecule has 1 aromatic carbocycles. The summed E-state index contributed by atoms with van der Waals surface area (Å²) in [7, 11) is 0. The second kappa shape index (κ2) is 7.11. The van der Waals surface area contributed by atoms with Crippen molar-refractivity contribution in [2.24, 2.45) is 11.7 Å². The molecular formula is C14H21FN2O. The fourth-order valence-electron chi connectivity index (χ4n) is 1.90. The molecule has 3 nitrogen and oxygen atoms in total.